The summed E-state index contributed by atoms with van der Waals surface area (Å²) in [5.41, 5.74) is 1.51. The lowest BCUT2D eigenvalue weighted by Crippen LogP contribution is -2.25. The van der Waals surface area contributed by atoms with Gasteiger partial charge in [-0.3, -0.25) is 14.2 Å². The average Bonchev–Trinajstić information content (AvgIpc) is 3.21. The van der Waals surface area contributed by atoms with Crippen LogP contribution in [-0.2, 0) is 16.1 Å². The van der Waals surface area contributed by atoms with Gasteiger partial charge in [0.2, 0.25) is 11.5 Å². The van der Waals surface area contributed by atoms with E-state index in [1.807, 2.05) is 18.2 Å². The van der Waals surface area contributed by atoms with Gasteiger partial charge in [0.25, 0.3) is 5.56 Å². The fraction of sp³-hybridized carbons (Fsp3) is 0.261. The molecule has 0 radical (unpaired) electrons. The lowest BCUT2D eigenvalue weighted by Gasteiger charge is -2.12. The summed E-state index contributed by atoms with van der Waals surface area (Å²) in [4.78, 5) is 30.4. The molecule has 0 aliphatic rings. The molecule has 4 rings (SSSR count). The van der Waals surface area contributed by atoms with Crippen molar-refractivity contribution in [3.63, 3.8) is 0 Å². The summed E-state index contributed by atoms with van der Waals surface area (Å²) in [6.07, 6.45) is 0. The number of carbonyl (C=O) groups excluding carboxylic acids is 1. The van der Waals surface area contributed by atoms with Crippen LogP contribution in [0, 0.1) is 0 Å². The second kappa shape index (κ2) is 9.97. The van der Waals surface area contributed by atoms with Crippen LogP contribution in [0.3, 0.4) is 0 Å². The number of hydrogen-bond donors (Lipinski definition) is 1. The predicted molar refractivity (Wildman–Crippen MR) is 127 cm³/mol. The zero-order valence-electron chi connectivity index (χ0n) is 18.4. The van der Waals surface area contributed by atoms with Crippen molar-refractivity contribution < 1.29 is 23.4 Å². The molecule has 0 saturated carbocycles. The zero-order valence-corrected chi connectivity index (χ0v) is 19.2. The topological polar surface area (TPSA) is 105 Å². The molecule has 2 aromatic heterocycles. The second-order valence-electron chi connectivity index (χ2n) is 7.03. The van der Waals surface area contributed by atoms with Gasteiger partial charge in [0, 0.05) is 24.2 Å². The van der Waals surface area contributed by atoms with Gasteiger partial charge in [0.1, 0.15) is 11.1 Å². The number of nitrogens with one attached hydrogen (secondary N) is 1. The fourth-order valence-electron chi connectivity index (χ4n) is 3.38. The minimum Gasteiger partial charge on any atom is -0.493 e. The quantitative estimate of drug-likeness (QED) is 0.293. The Morgan fingerprint density at radius 1 is 1.12 bits per heavy atom. The molecular weight excluding hydrogens is 446 g/mol. The first-order chi connectivity index (χ1) is 16.0. The van der Waals surface area contributed by atoms with Crippen molar-refractivity contribution in [3.05, 3.63) is 52.8 Å². The number of thioether (sulfide) groups is 1. The lowest BCUT2D eigenvalue weighted by molar-refractivity contribution is -0.113. The number of aromatic nitrogens is 2. The van der Waals surface area contributed by atoms with E-state index in [9.17, 15) is 9.59 Å². The number of ether oxygens (including phenoxy) is 3. The third kappa shape index (κ3) is 4.67. The molecule has 2 aromatic carbocycles. The number of fused-ring (bicyclic) bond motifs is 3. The fourth-order valence-corrected chi connectivity index (χ4v) is 4.20. The molecule has 0 saturated heterocycles. The highest BCUT2D eigenvalue weighted by molar-refractivity contribution is 7.99. The van der Waals surface area contributed by atoms with E-state index in [0.29, 0.717) is 40.0 Å². The number of furan rings is 1. The normalized spacial score (nSPS) is 11.1. The van der Waals surface area contributed by atoms with E-state index in [2.05, 4.69) is 10.3 Å². The molecule has 0 aliphatic heterocycles. The van der Waals surface area contributed by atoms with Crippen molar-refractivity contribution in [1.29, 1.82) is 0 Å². The van der Waals surface area contributed by atoms with Gasteiger partial charge in [-0.05, 0) is 24.3 Å². The van der Waals surface area contributed by atoms with Crippen molar-refractivity contribution in [2.75, 3.05) is 39.0 Å². The lowest BCUT2D eigenvalue weighted by atomic mass is 10.2. The third-order valence-corrected chi connectivity index (χ3v) is 5.94. The van der Waals surface area contributed by atoms with Crippen LogP contribution < -0.4 is 20.3 Å². The molecule has 0 unspecified atom stereocenters. The standard InChI is InChI=1S/C23H23N3O6S/c1-29-11-10-26-22(28)21-20(15-6-4-5-7-16(15)32-21)25-23(26)33-13-19(27)24-14-8-9-17(30-2)18(12-14)31-3/h4-9,12H,10-11,13H2,1-3H3,(H,24,27). The zero-order chi connectivity index (χ0) is 23.4. The Kier molecular flexibility index (Phi) is 6.85. The third-order valence-electron chi connectivity index (χ3n) is 4.97. The number of methoxy groups -OCH3 is 3. The Labute approximate surface area is 193 Å². The highest BCUT2D eigenvalue weighted by atomic mass is 32.2. The van der Waals surface area contributed by atoms with Crippen molar-refractivity contribution in [2.24, 2.45) is 0 Å². The summed E-state index contributed by atoms with van der Waals surface area (Å²) in [7, 11) is 4.63. The largest absolute Gasteiger partial charge is 0.493 e. The first-order valence-corrected chi connectivity index (χ1v) is 11.1. The number of benzene rings is 2. The maximum atomic E-state index is 13.1. The van der Waals surface area contributed by atoms with Crippen LogP contribution in [0.1, 0.15) is 0 Å². The van der Waals surface area contributed by atoms with Gasteiger partial charge in [-0.2, -0.15) is 0 Å². The Bertz CT molecular complexity index is 1360. The number of carbonyl (C=O) groups is 1. The van der Waals surface area contributed by atoms with Crippen molar-refractivity contribution in [2.45, 2.75) is 11.7 Å². The number of amides is 1. The molecule has 0 fully saturated rings. The minimum absolute atomic E-state index is 0.0507. The van der Waals surface area contributed by atoms with Gasteiger partial charge < -0.3 is 23.9 Å². The highest BCUT2D eigenvalue weighted by Crippen LogP contribution is 2.30. The van der Waals surface area contributed by atoms with Crippen LogP contribution in [0.2, 0.25) is 0 Å². The van der Waals surface area contributed by atoms with Crippen LogP contribution >= 0.6 is 11.8 Å². The molecule has 1 N–H and O–H groups in total. The molecule has 0 atom stereocenters. The maximum absolute atomic E-state index is 13.1. The molecular formula is C23H23N3O6S. The van der Waals surface area contributed by atoms with E-state index in [-0.39, 0.29) is 29.3 Å². The number of hydrogen-bond acceptors (Lipinski definition) is 8. The number of rotatable bonds is 9. The monoisotopic (exact) mass is 469 g/mol. The van der Waals surface area contributed by atoms with E-state index >= 15 is 0 Å². The Balaban J connectivity index is 1.60. The summed E-state index contributed by atoms with van der Waals surface area (Å²) in [6.45, 7) is 0.605. The van der Waals surface area contributed by atoms with Crippen molar-refractivity contribution >= 4 is 45.4 Å². The van der Waals surface area contributed by atoms with Gasteiger partial charge in [-0.25, -0.2) is 4.98 Å². The molecule has 1 amide bonds. The second-order valence-corrected chi connectivity index (χ2v) is 7.97. The first kappa shape index (κ1) is 22.7. The van der Waals surface area contributed by atoms with E-state index < -0.39 is 0 Å². The van der Waals surface area contributed by atoms with Crippen molar-refractivity contribution in [1.82, 2.24) is 9.55 Å². The highest BCUT2D eigenvalue weighted by Gasteiger charge is 2.18. The molecule has 172 valence electrons. The summed E-state index contributed by atoms with van der Waals surface area (Å²) in [6, 6.07) is 12.5. The number of anilines is 1. The van der Waals surface area contributed by atoms with Gasteiger partial charge in [-0.1, -0.05) is 23.9 Å². The molecule has 0 aliphatic carbocycles. The van der Waals surface area contributed by atoms with Gasteiger partial charge >= 0.3 is 0 Å². The van der Waals surface area contributed by atoms with Crippen LogP contribution in [0.4, 0.5) is 5.69 Å². The summed E-state index contributed by atoms with van der Waals surface area (Å²) < 4.78 is 22.9. The van der Waals surface area contributed by atoms with E-state index in [4.69, 9.17) is 18.6 Å². The first-order valence-electron chi connectivity index (χ1n) is 10.1. The Hall–Kier alpha value is -3.50. The predicted octanol–water partition coefficient (Wildman–Crippen LogP) is 3.54. The molecule has 0 bridgehead atoms. The van der Waals surface area contributed by atoms with Gasteiger partial charge in [0.15, 0.2) is 16.7 Å². The molecule has 0 spiro atoms. The number of nitrogens with zero attached hydrogens (tertiary/aromatic N) is 2. The molecule has 33 heavy (non-hydrogen) atoms. The van der Waals surface area contributed by atoms with Gasteiger partial charge in [0.05, 0.1) is 33.1 Å². The van der Waals surface area contributed by atoms with Crippen LogP contribution in [0.25, 0.3) is 22.1 Å². The summed E-state index contributed by atoms with van der Waals surface area (Å²) >= 11 is 1.17. The number of para-hydroxylation sites is 1. The minimum atomic E-state index is -0.309. The smallest absolute Gasteiger partial charge is 0.297 e. The van der Waals surface area contributed by atoms with Crippen molar-refractivity contribution in [3.8, 4) is 11.5 Å². The van der Waals surface area contributed by atoms with E-state index in [0.717, 1.165) is 5.39 Å². The molecule has 10 heteroatoms. The average molecular weight is 470 g/mol. The Morgan fingerprint density at radius 3 is 2.67 bits per heavy atom. The van der Waals surface area contributed by atoms with E-state index in [1.165, 1.54) is 23.4 Å². The SMILES string of the molecule is COCCn1c(SCC(=O)Nc2ccc(OC)c(OC)c2)nc2c(oc3ccccc32)c1=O. The van der Waals surface area contributed by atoms with Crippen LogP contribution in [0.15, 0.2) is 56.8 Å². The maximum Gasteiger partial charge on any atom is 0.297 e. The summed E-state index contributed by atoms with van der Waals surface area (Å²) in [5, 5.41) is 3.99. The molecule has 4 aromatic rings. The molecule has 2 heterocycles. The summed E-state index contributed by atoms with van der Waals surface area (Å²) in [5.74, 6) is 0.874. The molecule has 9 nitrogen and oxygen atoms in total. The Morgan fingerprint density at radius 2 is 1.91 bits per heavy atom. The van der Waals surface area contributed by atoms with Crippen LogP contribution in [-0.4, -0.2) is 49.1 Å². The van der Waals surface area contributed by atoms with Gasteiger partial charge in [-0.15, -0.1) is 0 Å². The van der Waals surface area contributed by atoms with E-state index in [1.54, 1.807) is 38.5 Å². The van der Waals surface area contributed by atoms with Crippen LogP contribution in [0.5, 0.6) is 11.5 Å².